The van der Waals surface area contributed by atoms with E-state index in [1.54, 1.807) is 13.3 Å². The second-order valence-electron chi connectivity index (χ2n) is 5.26. The van der Waals surface area contributed by atoms with E-state index in [1.165, 1.54) is 17.3 Å². The fourth-order valence-electron chi connectivity index (χ4n) is 2.04. The lowest BCUT2D eigenvalue weighted by molar-refractivity contribution is 0.295. The molecule has 138 valence electrons. The fraction of sp³-hybridized carbons (Fsp3) is 0.263. The Bertz CT molecular complexity index is 739. The molecule has 0 aliphatic heterocycles. The van der Waals surface area contributed by atoms with E-state index in [0.717, 1.165) is 17.7 Å². The molecule has 7 heteroatoms. The first-order valence-electron chi connectivity index (χ1n) is 8.13. The molecule has 0 bridgehead atoms. The highest BCUT2D eigenvalue weighted by atomic mass is 35.5. The molecule has 26 heavy (non-hydrogen) atoms. The SMILES string of the molecule is COc1ccc(C=NN=C(N)SCc2ccccc2)cc1OCCCCl. The second kappa shape index (κ2) is 11.4. The first-order valence-corrected chi connectivity index (χ1v) is 9.65. The Morgan fingerprint density at radius 3 is 2.73 bits per heavy atom. The summed E-state index contributed by atoms with van der Waals surface area (Å²) in [5.74, 6) is 2.63. The summed E-state index contributed by atoms with van der Waals surface area (Å²) in [5, 5.41) is 8.48. The summed E-state index contributed by atoms with van der Waals surface area (Å²) in [7, 11) is 1.60. The maximum Gasteiger partial charge on any atom is 0.180 e. The third-order valence-corrected chi connectivity index (χ3v) is 4.44. The number of hydrogen-bond acceptors (Lipinski definition) is 5. The van der Waals surface area contributed by atoms with Crippen LogP contribution in [0.5, 0.6) is 11.5 Å². The van der Waals surface area contributed by atoms with E-state index >= 15 is 0 Å². The number of amidine groups is 1. The highest BCUT2D eigenvalue weighted by molar-refractivity contribution is 8.13. The molecule has 0 aliphatic rings. The quantitative estimate of drug-likeness (QED) is 0.227. The third-order valence-electron chi connectivity index (χ3n) is 3.32. The maximum absolute atomic E-state index is 5.88. The predicted molar refractivity (Wildman–Crippen MR) is 111 cm³/mol. The molecule has 0 aliphatic carbocycles. The molecular weight excluding hydrogens is 370 g/mol. The van der Waals surface area contributed by atoms with Gasteiger partial charge in [-0.2, -0.15) is 5.10 Å². The highest BCUT2D eigenvalue weighted by Crippen LogP contribution is 2.27. The van der Waals surface area contributed by atoms with Gasteiger partial charge in [0.2, 0.25) is 0 Å². The van der Waals surface area contributed by atoms with E-state index in [2.05, 4.69) is 10.2 Å². The summed E-state index contributed by atoms with van der Waals surface area (Å²) in [6.45, 7) is 0.529. The van der Waals surface area contributed by atoms with Crippen LogP contribution in [-0.4, -0.2) is 31.0 Å². The summed E-state index contributed by atoms with van der Waals surface area (Å²) in [6, 6.07) is 15.6. The Morgan fingerprint density at radius 1 is 1.19 bits per heavy atom. The maximum atomic E-state index is 5.88. The molecule has 2 rings (SSSR count). The summed E-state index contributed by atoms with van der Waals surface area (Å²) < 4.78 is 11.0. The Hall–Kier alpha value is -2.18. The molecule has 0 saturated heterocycles. The molecule has 2 aromatic rings. The molecule has 0 heterocycles. The van der Waals surface area contributed by atoms with Crippen molar-refractivity contribution < 1.29 is 9.47 Å². The molecule has 2 aromatic carbocycles. The minimum atomic E-state index is 0.414. The van der Waals surface area contributed by atoms with Crippen LogP contribution in [0, 0.1) is 0 Å². The second-order valence-corrected chi connectivity index (χ2v) is 6.63. The Kier molecular flexibility index (Phi) is 8.86. The lowest BCUT2D eigenvalue weighted by Crippen LogP contribution is -2.06. The van der Waals surface area contributed by atoms with Gasteiger partial charge in [-0.05, 0) is 35.7 Å². The standard InChI is InChI=1S/C19H22ClN3O2S/c1-24-17-9-8-16(12-18(17)25-11-5-10-20)13-22-23-19(21)26-14-15-6-3-2-4-7-15/h2-4,6-9,12-13H,5,10-11,14H2,1H3,(H2,21,23). The van der Waals surface area contributed by atoms with Crippen LogP contribution in [0.25, 0.3) is 0 Å². The number of benzene rings is 2. The summed E-state index contributed by atoms with van der Waals surface area (Å²) in [5.41, 5.74) is 7.92. The molecule has 2 N–H and O–H groups in total. The van der Waals surface area contributed by atoms with Crippen molar-refractivity contribution in [3.8, 4) is 11.5 Å². The zero-order valence-corrected chi connectivity index (χ0v) is 16.2. The normalized spacial score (nSPS) is 11.7. The Morgan fingerprint density at radius 2 is 2.00 bits per heavy atom. The van der Waals surface area contributed by atoms with E-state index < -0.39 is 0 Å². The monoisotopic (exact) mass is 391 g/mol. The van der Waals surface area contributed by atoms with Crippen molar-refractivity contribution >= 4 is 34.7 Å². The Labute approximate surface area is 163 Å². The minimum Gasteiger partial charge on any atom is -0.493 e. The molecule has 0 saturated carbocycles. The number of alkyl halides is 1. The number of nitrogens with two attached hydrogens (primary N) is 1. The first-order chi connectivity index (χ1) is 12.7. The van der Waals surface area contributed by atoms with Crippen LogP contribution < -0.4 is 15.2 Å². The average Bonchev–Trinajstić information content (AvgIpc) is 2.67. The van der Waals surface area contributed by atoms with Gasteiger partial charge in [-0.25, -0.2) is 0 Å². The lowest BCUT2D eigenvalue weighted by Gasteiger charge is -2.10. The topological polar surface area (TPSA) is 69.2 Å². The lowest BCUT2D eigenvalue weighted by atomic mass is 10.2. The number of methoxy groups -OCH3 is 1. The number of hydrogen-bond donors (Lipinski definition) is 1. The summed E-state index contributed by atoms with van der Waals surface area (Å²) in [4.78, 5) is 0. The van der Waals surface area contributed by atoms with Crippen molar-refractivity contribution in [3.63, 3.8) is 0 Å². The van der Waals surface area contributed by atoms with Crippen molar-refractivity contribution in [3.05, 3.63) is 59.7 Å². The van der Waals surface area contributed by atoms with Gasteiger partial charge in [0.05, 0.1) is 19.9 Å². The van der Waals surface area contributed by atoms with E-state index in [-0.39, 0.29) is 0 Å². The molecule has 0 fully saturated rings. The van der Waals surface area contributed by atoms with Gasteiger partial charge in [0.1, 0.15) is 0 Å². The van der Waals surface area contributed by atoms with E-state index in [4.69, 9.17) is 26.8 Å². The van der Waals surface area contributed by atoms with Gasteiger partial charge in [-0.15, -0.1) is 16.7 Å². The molecule has 0 unspecified atom stereocenters. The Balaban J connectivity index is 1.94. The van der Waals surface area contributed by atoms with Crippen LogP contribution in [0.3, 0.4) is 0 Å². The summed E-state index contributed by atoms with van der Waals surface area (Å²) in [6.07, 6.45) is 2.40. The number of halogens is 1. The van der Waals surface area contributed by atoms with Crippen molar-refractivity contribution in [2.24, 2.45) is 15.9 Å². The van der Waals surface area contributed by atoms with Crippen LogP contribution in [0.1, 0.15) is 17.5 Å². The largest absolute Gasteiger partial charge is 0.493 e. The highest BCUT2D eigenvalue weighted by Gasteiger charge is 2.05. The van der Waals surface area contributed by atoms with Gasteiger partial charge in [0.25, 0.3) is 0 Å². The van der Waals surface area contributed by atoms with Crippen molar-refractivity contribution in [2.75, 3.05) is 19.6 Å². The van der Waals surface area contributed by atoms with E-state index in [1.807, 2.05) is 48.5 Å². The zero-order chi connectivity index (χ0) is 18.6. The number of thioether (sulfide) groups is 1. The van der Waals surface area contributed by atoms with Crippen LogP contribution in [0.2, 0.25) is 0 Å². The van der Waals surface area contributed by atoms with Crippen LogP contribution in [-0.2, 0) is 5.75 Å². The fourth-order valence-corrected chi connectivity index (χ4v) is 2.76. The number of rotatable bonds is 9. The molecule has 0 amide bonds. The molecular formula is C19H22ClN3O2S. The molecule has 5 nitrogen and oxygen atoms in total. The van der Waals surface area contributed by atoms with Crippen LogP contribution in [0.15, 0.2) is 58.7 Å². The van der Waals surface area contributed by atoms with Crippen LogP contribution in [0.4, 0.5) is 0 Å². The third kappa shape index (κ3) is 6.98. The molecule has 0 atom stereocenters. The average molecular weight is 392 g/mol. The van der Waals surface area contributed by atoms with Gasteiger partial charge in [0.15, 0.2) is 16.7 Å². The van der Waals surface area contributed by atoms with Crippen molar-refractivity contribution in [1.29, 1.82) is 0 Å². The van der Waals surface area contributed by atoms with Crippen LogP contribution >= 0.6 is 23.4 Å². The number of ether oxygens (including phenoxy) is 2. The number of nitrogens with zero attached hydrogens (tertiary/aromatic N) is 2. The van der Waals surface area contributed by atoms with Crippen molar-refractivity contribution in [1.82, 2.24) is 0 Å². The molecule has 0 aromatic heterocycles. The van der Waals surface area contributed by atoms with Gasteiger partial charge in [-0.1, -0.05) is 42.1 Å². The van der Waals surface area contributed by atoms with E-state index in [0.29, 0.717) is 29.2 Å². The predicted octanol–water partition coefficient (Wildman–Crippen LogP) is 4.28. The van der Waals surface area contributed by atoms with E-state index in [9.17, 15) is 0 Å². The van der Waals surface area contributed by atoms with Crippen molar-refractivity contribution in [2.45, 2.75) is 12.2 Å². The van der Waals surface area contributed by atoms with Gasteiger partial charge < -0.3 is 15.2 Å². The minimum absolute atomic E-state index is 0.414. The molecule has 0 radical (unpaired) electrons. The zero-order valence-electron chi connectivity index (χ0n) is 14.6. The van der Waals surface area contributed by atoms with Gasteiger partial charge in [0, 0.05) is 11.6 Å². The first kappa shape index (κ1) is 20.1. The van der Waals surface area contributed by atoms with Gasteiger partial charge >= 0.3 is 0 Å². The smallest absolute Gasteiger partial charge is 0.180 e. The van der Waals surface area contributed by atoms with Gasteiger partial charge in [-0.3, -0.25) is 0 Å². The summed E-state index contributed by atoms with van der Waals surface area (Å²) >= 11 is 7.12. The molecule has 0 spiro atoms.